The quantitative estimate of drug-likeness (QED) is 0.324. The molecule has 0 bridgehead atoms. The molecule has 0 fully saturated rings. The zero-order valence-electron chi connectivity index (χ0n) is 9.04. The lowest BCUT2D eigenvalue weighted by Crippen LogP contribution is -1.91. The molecule has 0 unspecified atom stereocenters. The van der Waals surface area contributed by atoms with Gasteiger partial charge in [-0.25, -0.2) is 0 Å². The van der Waals surface area contributed by atoms with Crippen molar-refractivity contribution in [2.45, 2.75) is 39.0 Å². The van der Waals surface area contributed by atoms with Gasteiger partial charge in [0.25, 0.3) is 0 Å². The third kappa shape index (κ3) is 8.98. The molecule has 0 spiro atoms. The van der Waals surface area contributed by atoms with Gasteiger partial charge in [-0.1, -0.05) is 57.1 Å². The Morgan fingerprint density at radius 3 is 2.57 bits per heavy atom. The molecule has 0 aromatic carbocycles. The van der Waals surface area contributed by atoms with Gasteiger partial charge in [-0.3, -0.25) is 4.79 Å². The largest absolute Gasteiger partial charge is 0.295 e. The molecule has 0 aliphatic carbocycles. The fraction of sp³-hybridized carbons (Fsp3) is 0.462. The van der Waals surface area contributed by atoms with E-state index in [9.17, 15) is 4.79 Å². The van der Waals surface area contributed by atoms with Gasteiger partial charge in [-0.15, -0.1) is 0 Å². The molecule has 0 heterocycles. The van der Waals surface area contributed by atoms with Crippen LogP contribution >= 0.6 is 0 Å². The summed E-state index contributed by atoms with van der Waals surface area (Å²) in [4.78, 5) is 11.2. The minimum atomic E-state index is 0.217. The first-order valence-corrected chi connectivity index (χ1v) is 5.30. The van der Waals surface area contributed by atoms with Crippen LogP contribution in [-0.2, 0) is 4.79 Å². The molecule has 0 aromatic rings. The fourth-order valence-electron chi connectivity index (χ4n) is 1.11. The number of hydrogen-bond acceptors (Lipinski definition) is 1. The lowest BCUT2D eigenvalue weighted by molar-refractivity contribution is -0.114. The molecule has 78 valence electrons. The van der Waals surface area contributed by atoms with E-state index in [2.05, 4.69) is 13.5 Å². The molecule has 14 heavy (non-hydrogen) atoms. The Balaban J connectivity index is 3.49. The van der Waals surface area contributed by atoms with E-state index in [1.54, 1.807) is 24.3 Å². The first-order valence-electron chi connectivity index (χ1n) is 5.30. The van der Waals surface area contributed by atoms with Crippen molar-refractivity contribution in [2.24, 2.45) is 0 Å². The molecule has 0 atom stereocenters. The van der Waals surface area contributed by atoms with Crippen molar-refractivity contribution in [3.8, 4) is 0 Å². The molecule has 1 nitrogen and oxygen atoms in total. The summed E-state index contributed by atoms with van der Waals surface area (Å²) in [7, 11) is 0. The van der Waals surface area contributed by atoms with Crippen LogP contribution in [0.3, 0.4) is 0 Å². The van der Waals surface area contributed by atoms with Crippen LogP contribution < -0.4 is 0 Å². The van der Waals surface area contributed by atoms with E-state index < -0.39 is 0 Å². The van der Waals surface area contributed by atoms with Gasteiger partial charge in [0.1, 0.15) is 0 Å². The average molecular weight is 192 g/mol. The Labute approximate surface area is 87.2 Å². The van der Waals surface area contributed by atoms with E-state index in [0.29, 0.717) is 6.42 Å². The predicted molar refractivity (Wildman–Crippen MR) is 62.2 cm³/mol. The van der Waals surface area contributed by atoms with Gasteiger partial charge in [0, 0.05) is 6.42 Å². The maximum atomic E-state index is 11.2. The van der Waals surface area contributed by atoms with Crippen LogP contribution in [0.15, 0.2) is 37.0 Å². The van der Waals surface area contributed by atoms with Crippen molar-refractivity contribution in [2.75, 3.05) is 0 Å². The number of ketones is 1. The Morgan fingerprint density at radius 1 is 1.14 bits per heavy atom. The normalized spacial score (nSPS) is 11.2. The Bertz CT molecular complexity index is 211. The lowest BCUT2D eigenvalue weighted by Gasteiger charge is -1.95. The zero-order chi connectivity index (χ0) is 10.6. The van der Waals surface area contributed by atoms with Crippen molar-refractivity contribution in [3.63, 3.8) is 0 Å². The minimum absolute atomic E-state index is 0.217. The number of hydrogen-bond donors (Lipinski definition) is 0. The van der Waals surface area contributed by atoms with E-state index in [4.69, 9.17) is 0 Å². The van der Waals surface area contributed by atoms with Crippen LogP contribution in [0.5, 0.6) is 0 Å². The molecule has 0 N–H and O–H groups in total. The molecule has 0 aromatic heterocycles. The van der Waals surface area contributed by atoms with E-state index in [1.807, 2.05) is 6.08 Å². The highest BCUT2D eigenvalue weighted by atomic mass is 16.1. The van der Waals surface area contributed by atoms with Gasteiger partial charge in [-0.05, 0) is 12.5 Å². The van der Waals surface area contributed by atoms with E-state index in [0.717, 1.165) is 6.42 Å². The molecule has 0 radical (unpaired) electrons. The number of carbonyl (C=O) groups excluding carboxylic acids is 1. The number of allylic oxidation sites excluding steroid dienone is 5. The maximum absolute atomic E-state index is 11.2. The number of carbonyl (C=O) groups is 1. The molecule has 0 saturated heterocycles. The fourth-order valence-corrected chi connectivity index (χ4v) is 1.11. The van der Waals surface area contributed by atoms with Gasteiger partial charge in [0.2, 0.25) is 0 Å². The van der Waals surface area contributed by atoms with Gasteiger partial charge in [0.05, 0.1) is 0 Å². The SMILES string of the molecule is C=CC=CC=CC(=O)CCCCCC. The lowest BCUT2D eigenvalue weighted by atomic mass is 10.1. The third-order valence-electron chi connectivity index (χ3n) is 1.92. The van der Waals surface area contributed by atoms with E-state index >= 15 is 0 Å². The predicted octanol–water partition coefficient (Wildman–Crippen LogP) is 3.82. The smallest absolute Gasteiger partial charge is 0.155 e. The monoisotopic (exact) mass is 192 g/mol. The molecular formula is C13H20O. The van der Waals surface area contributed by atoms with E-state index in [1.165, 1.54) is 19.3 Å². The molecule has 0 amide bonds. The summed E-state index contributed by atoms with van der Waals surface area (Å²) in [5.41, 5.74) is 0. The van der Waals surface area contributed by atoms with Crippen LogP contribution in [0.4, 0.5) is 0 Å². The molecule has 0 aliphatic heterocycles. The Kier molecular flexibility index (Phi) is 9.18. The van der Waals surface area contributed by atoms with Crippen molar-refractivity contribution >= 4 is 5.78 Å². The number of rotatable bonds is 8. The summed E-state index contributed by atoms with van der Waals surface area (Å²) in [5.74, 6) is 0.217. The summed E-state index contributed by atoms with van der Waals surface area (Å²) in [6.07, 6.45) is 14.0. The summed E-state index contributed by atoms with van der Waals surface area (Å²) >= 11 is 0. The second kappa shape index (κ2) is 9.97. The summed E-state index contributed by atoms with van der Waals surface area (Å²) in [6, 6.07) is 0. The van der Waals surface area contributed by atoms with Crippen molar-refractivity contribution in [1.82, 2.24) is 0 Å². The van der Waals surface area contributed by atoms with Crippen molar-refractivity contribution < 1.29 is 4.79 Å². The maximum Gasteiger partial charge on any atom is 0.155 e. The molecule has 0 saturated carbocycles. The highest BCUT2D eigenvalue weighted by Gasteiger charge is 1.94. The van der Waals surface area contributed by atoms with Crippen LogP contribution in [0.2, 0.25) is 0 Å². The first-order chi connectivity index (χ1) is 6.81. The van der Waals surface area contributed by atoms with E-state index in [-0.39, 0.29) is 5.78 Å². The van der Waals surface area contributed by atoms with Crippen LogP contribution in [-0.4, -0.2) is 5.78 Å². The van der Waals surface area contributed by atoms with Crippen LogP contribution in [0, 0.1) is 0 Å². The average Bonchev–Trinajstić information content (AvgIpc) is 2.19. The van der Waals surface area contributed by atoms with Crippen molar-refractivity contribution in [1.29, 1.82) is 0 Å². The van der Waals surface area contributed by atoms with Crippen LogP contribution in [0.25, 0.3) is 0 Å². The first kappa shape index (κ1) is 12.9. The second-order valence-corrected chi connectivity index (χ2v) is 3.26. The standard InChI is InChI=1S/C13H20O/c1-3-5-7-9-11-13(14)12-10-8-6-4-2/h3,5,7,9,11H,1,4,6,8,10,12H2,2H3. The van der Waals surface area contributed by atoms with Gasteiger partial charge < -0.3 is 0 Å². The van der Waals surface area contributed by atoms with Crippen molar-refractivity contribution in [3.05, 3.63) is 37.0 Å². The summed E-state index contributed by atoms with van der Waals surface area (Å²) in [6.45, 7) is 5.71. The van der Waals surface area contributed by atoms with Crippen LogP contribution in [0.1, 0.15) is 39.0 Å². The zero-order valence-corrected chi connectivity index (χ0v) is 9.04. The summed E-state index contributed by atoms with van der Waals surface area (Å²) in [5, 5.41) is 0. The Hall–Kier alpha value is -1.11. The summed E-state index contributed by atoms with van der Waals surface area (Å²) < 4.78 is 0. The second-order valence-electron chi connectivity index (χ2n) is 3.26. The topological polar surface area (TPSA) is 17.1 Å². The number of unbranched alkanes of at least 4 members (excludes halogenated alkanes) is 3. The van der Waals surface area contributed by atoms with Gasteiger partial charge in [-0.2, -0.15) is 0 Å². The Morgan fingerprint density at radius 2 is 1.93 bits per heavy atom. The minimum Gasteiger partial charge on any atom is -0.295 e. The molecule has 0 aliphatic rings. The highest BCUT2D eigenvalue weighted by Crippen LogP contribution is 2.03. The van der Waals surface area contributed by atoms with Gasteiger partial charge in [0.15, 0.2) is 5.78 Å². The molecule has 0 rings (SSSR count). The molecular weight excluding hydrogens is 172 g/mol. The molecule has 1 heteroatoms. The van der Waals surface area contributed by atoms with Gasteiger partial charge >= 0.3 is 0 Å². The third-order valence-corrected chi connectivity index (χ3v) is 1.92. The highest BCUT2D eigenvalue weighted by molar-refractivity contribution is 5.89.